The van der Waals surface area contributed by atoms with Gasteiger partial charge in [-0.1, -0.05) is 29.8 Å². The minimum atomic E-state index is -4.55. The van der Waals surface area contributed by atoms with Gasteiger partial charge in [0.25, 0.3) is 0 Å². The number of para-hydroxylation sites is 1. The maximum atomic E-state index is 13.3. The molecule has 0 N–H and O–H groups in total. The predicted octanol–water partition coefficient (Wildman–Crippen LogP) is 5.15. The van der Waals surface area contributed by atoms with E-state index in [1.54, 1.807) is 24.3 Å². The fourth-order valence-corrected chi connectivity index (χ4v) is 3.99. The van der Waals surface area contributed by atoms with Crippen molar-refractivity contribution in [1.29, 1.82) is 5.26 Å². The summed E-state index contributed by atoms with van der Waals surface area (Å²) in [4.78, 5) is 17.0. The molecule has 3 aromatic rings. The monoisotopic (exact) mass is 417 g/mol. The number of nitrogens with zero attached hydrogens (tertiary/aromatic N) is 3. The lowest BCUT2D eigenvalue weighted by atomic mass is 9.73. The van der Waals surface area contributed by atoms with Crippen molar-refractivity contribution in [2.24, 2.45) is 11.8 Å². The number of hydrogen-bond acceptors (Lipinski definition) is 3. The van der Waals surface area contributed by atoms with Gasteiger partial charge in [-0.15, -0.1) is 0 Å². The Balaban J connectivity index is 1.92. The predicted molar refractivity (Wildman–Crippen MR) is 103 cm³/mol. The van der Waals surface area contributed by atoms with Gasteiger partial charge in [-0.25, -0.2) is 4.79 Å². The lowest BCUT2D eigenvalue weighted by molar-refractivity contribution is -0.137. The van der Waals surface area contributed by atoms with E-state index in [-0.39, 0.29) is 28.1 Å². The number of hydrogen-bond donors (Lipinski definition) is 0. The molecule has 8 heteroatoms. The third-order valence-corrected chi connectivity index (χ3v) is 5.61. The molecule has 29 heavy (non-hydrogen) atoms. The average molecular weight is 418 g/mol. The number of nitriles is 1. The van der Waals surface area contributed by atoms with Crippen LogP contribution >= 0.6 is 11.6 Å². The van der Waals surface area contributed by atoms with Crippen LogP contribution in [0, 0.1) is 23.2 Å². The first-order valence-electron chi connectivity index (χ1n) is 9.05. The first kappa shape index (κ1) is 19.5. The Morgan fingerprint density at radius 2 is 1.93 bits per heavy atom. The van der Waals surface area contributed by atoms with Crippen LogP contribution in [0.3, 0.4) is 0 Å². The second-order valence-electron chi connectivity index (χ2n) is 7.23. The summed E-state index contributed by atoms with van der Waals surface area (Å²) in [5.74, 6) is 0.180. The highest BCUT2D eigenvalue weighted by Crippen LogP contribution is 2.37. The Bertz CT molecular complexity index is 1190. The van der Waals surface area contributed by atoms with E-state index in [2.05, 4.69) is 11.1 Å². The Hall–Kier alpha value is -2.85. The average Bonchev–Trinajstić information content (AvgIpc) is 2.64. The molecule has 0 radical (unpaired) electrons. The summed E-state index contributed by atoms with van der Waals surface area (Å²) in [6.45, 7) is 0. The second-order valence-corrected chi connectivity index (χ2v) is 7.63. The van der Waals surface area contributed by atoms with Crippen molar-refractivity contribution in [3.63, 3.8) is 0 Å². The first-order valence-corrected chi connectivity index (χ1v) is 9.43. The van der Waals surface area contributed by atoms with Gasteiger partial charge in [0.2, 0.25) is 0 Å². The van der Waals surface area contributed by atoms with Gasteiger partial charge in [0.1, 0.15) is 0 Å². The Labute approximate surface area is 169 Å². The molecule has 1 heterocycles. The topological polar surface area (TPSA) is 58.7 Å². The molecule has 1 fully saturated rings. The molecule has 148 valence electrons. The molecule has 4 rings (SSSR count). The van der Waals surface area contributed by atoms with Crippen LogP contribution in [0.4, 0.5) is 13.2 Å². The molecule has 4 nitrogen and oxygen atoms in total. The molecule has 2 aromatic carbocycles. The number of halogens is 4. The van der Waals surface area contributed by atoms with Crippen molar-refractivity contribution in [3.05, 3.63) is 69.2 Å². The van der Waals surface area contributed by atoms with Gasteiger partial charge in [0.05, 0.1) is 33.6 Å². The summed E-state index contributed by atoms with van der Waals surface area (Å²) in [5, 5.41) is 9.65. The van der Waals surface area contributed by atoms with Crippen molar-refractivity contribution in [2.75, 3.05) is 0 Å². The van der Waals surface area contributed by atoms with E-state index in [9.17, 15) is 18.0 Å². The van der Waals surface area contributed by atoms with Gasteiger partial charge in [-0.3, -0.25) is 4.57 Å². The Morgan fingerprint density at radius 3 is 2.59 bits per heavy atom. The SMILES string of the molecule is N#CC1CC(Cc2nc(=O)n(-c3ccccc3Cl)c3cc(C(F)(F)F)ccc23)C1. The van der Waals surface area contributed by atoms with Crippen LogP contribution in [0.25, 0.3) is 16.6 Å². The Morgan fingerprint density at radius 1 is 1.21 bits per heavy atom. The molecular weight excluding hydrogens is 403 g/mol. The third kappa shape index (κ3) is 3.60. The zero-order valence-electron chi connectivity index (χ0n) is 15.1. The first-order chi connectivity index (χ1) is 13.8. The molecular formula is C21H15ClF3N3O. The molecule has 0 spiro atoms. The zero-order chi connectivity index (χ0) is 20.8. The maximum absolute atomic E-state index is 13.3. The summed E-state index contributed by atoms with van der Waals surface area (Å²) >= 11 is 6.21. The minimum absolute atomic E-state index is 0.00779. The molecule has 0 aliphatic heterocycles. The molecule has 1 aromatic heterocycles. The lowest BCUT2D eigenvalue weighted by Gasteiger charge is -2.30. The number of fused-ring (bicyclic) bond motifs is 1. The lowest BCUT2D eigenvalue weighted by Crippen LogP contribution is -2.28. The standard InChI is InChI=1S/C21H15ClF3N3O/c22-16-3-1-2-4-18(16)28-19-10-14(21(23,24)25)5-6-15(19)17(27-20(28)29)9-12-7-13(8-12)11-26/h1-6,10,12-13H,7-9H2. The summed E-state index contributed by atoms with van der Waals surface area (Å²) in [6, 6.07) is 12.0. The van der Waals surface area contributed by atoms with Gasteiger partial charge in [0, 0.05) is 11.3 Å². The molecule has 0 unspecified atom stereocenters. The van der Waals surface area contributed by atoms with E-state index < -0.39 is 17.4 Å². The smallest absolute Gasteiger partial charge is 0.259 e. The van der Waals surface area contributed by atoms with E-state index in [0.29, 0.717) is 30.3 Å². The molecule has 0 amide bonds. The highest BCUT2D eigenvalue weighted by atomic mass is 35.5. The zero-order valence-corrected chi connectivity index (χ0v) is 15.8. The number of rotatable bonds is 3. The summed E-state index contributed by atoms with van der Waals surface area (Å²) in [6.07, 6.45) is -2.70. The van der Waals surface area contributed by atoms with Crippen molar-refractivity contribution >= 4 is 22.5 Å². The largest absolute Gasteiger partial charge is 0.416 e. The number of aromatic nitrogens is 2. The summed E-state index contributed by atoms with van der Waals surface area (Å²) in [5.41, 5.74) is -0.704. The van der Waals surface area contributed by atoms with E-state index in [4.69, 9.17) is 16.9 Å². The molecule has 0 bridgehead atoms. The van der Waals surface area contributed by atoms with Crippen LogP contribution in [0.15, 0.2) is 47.3 Å². The highest BCUT2D eigenvalue weighted by molar-refractivity contribution is 6.32. The second kappa shape index (κ2) is 7.20. The van der Waals surface area contributed by atoms with Crippen LogP contribution in [0.2, 0.25) is 5.02 Å². The van der Waals surface area contributed by atoms with Crippen molar-refractivity contribution in [3.8, 4) is 11.8 Å². The van der Waals surface area contributed by atoms with Crippen LogP contribution < -0.4 is 5.69 Å². The van der Waals surface area contributed by atoms with Gasteiger partial charge in [0.15, 0.2) is 0 Å². The van der Waals surface area contributed by atoms with Gasteiger partial charge in [-0.2, -0.15) is 23.4 Å². The van der Waals surface area contributed by atoms with E-state index in [1.807, 2.05) is 0 Å². The summed E-state index contributed by atoms with van der Waals surface area (Å²) < 4.78 is 41.1. The van der Waals surface area contributed by atoms with Crippen molar-refractivity contribution < 1.29 is 13.2 Å². The van der Waals surface area contributed by atoms with E-state index >= 15 is 0 Å². The van der Waals surface area contributed by atoms with E-state index in [1.165, 1.54) is 6.07 Å². The quantitative estimate of drug-likeness (QED) is 0.592. The van der Waals surface area contributed by atoms with E-state index in [0.717, 1.165) is 16.7 Å². The minimum Gasteiger partial charge on any atom is -0.259 e. The van der Waals surface area contributed by atoms with Crippen LogP contribution in [-0.4, -0.2) is 9.55 Å². The summed E-state index contributed by atoms with van der Waals surface area (Å²) in [7, 11) is 0. The molecule has 1 saturated carbocycles. The fraction of sp³-hybridized carbons (Fsp3) is 0.286. The molecule has 0 atom stereocenters. The van der Waals surface area contributed by atoms with Crippen molar-refractivity contribution in [1.82, 2.24) is 9.55 Å². The Kier molecular flexibility index (Phi) is 4.83. The molecule has 1 aliphatic carbocycles. The third-order valence-electron chi connectivity index (χ3n) is 5.29. The van der Waals surface area contributed by atoms with Gasteiger partial charge >= 0.3 is 11.9 Å². The van der Waals surface area contributed by atoms with Crippen LogP contribution in [0.1, 0.15) is 24.1 Å². The highest BCUT2D eigenvalue weighted by Gasteiger charge is 2.33. The normalized spacial score (nSPS) is 19.0. The van der Waals surface area contributed by atoms with Gasteiger partial charge in [-0.05, 0) is 49.4 Å². The molecule has 0 saturated heterocycles. The van der Waals surface area contributed by atoms with Crippen molar-refractivity contribution in [2.45, 2.75) is 25.4 Å². The molecule has 1 aliphatic rings. The number of alkyl halides is 3. The van der Waals surface area contributed by atoms with Crippen LogP contribution in [0.5, 0.6) is 0 Å². The number of benzene rings is 2. The fourth-order valence-electron chi connectivity index (χ4n) is 3.77. The van der Waals surface area contributed by atoms with Crippen LogP contribution in [-0.2, 0) is 12.6 Å². The van der Waals surface area contributed by atoms with Gasteiger partial charge < -0.3 is 0 Å². The maximum Gasteiger partial charge on any atom is 0.416 e.